The summed E-state index contributed by atoms with van der Waals surface area (Å²) < 4.78 is 26.1. The molecule has 2 N–H and O–H groups in total. The number of benzene rings is 2. The largest absolute Gasteiger partial charge is 0.493 e. The maximum absolute atomic E-state index is 14.1. The van der Waals surface area contributed by atoms with Crippen LogP contribution in [0.3, 0.4) is 0 Å². The number of carbonyl (C=O) groups is 1. The monoisotopic (exact) mass is 518 g/mol. The average Bonchev–Trinajstić information content (AvgIpc) is 2.85. The third-order valence-electron chi connectivity index (χ3n) is 7.18. The van der Waals surface area contributed by atoms with Crippen LogP contribution in [0.2, 0.25) is 0 Å². The summed E-state index contributed by atoms with van der Waals surface area (Å²) in [6, 6.07) is 5.09. The Bertz CT molecular complexity index is 1620. The summed E-state index contributed by atoms with van der Waals surface area (Å²) in [5.41, 5.74) is 5.43. The van der Waals surface area contributed by atoms with Crippen molar-refractivity contribution in [3.63, 3.8) is 0 Å². The first-order valence-electron chi connectivity index (χ1n) is 12.7. The molecule has 1 aliphatic heterocycles. The lowest BCUT2D eigenvalue weighted by atomic mass is 9.82. The molecule has 0 spiro atoms. The summed E-state index contributed by atoms with van der Waals surface area (Å²) in [4.78, 5) is 21.5. The molecule has 0 saturated carbocycles. The van der Waals surface area contributed by atoms with Crippen molar-refractivity contribution in [1.29, 1.82) is 0 Å². The van der Waals surface area contributed by atoms with Crippen LogP contribution in [-0.4, -0.2) is 38.4 Å². The summed E-state index contributed by atoms with van der Waals surface area (Å²) in [6.07, 6.45) is 1.55. The molecule has 0 fully saturated rings. The van der Waals surface area contributed by atoms with Crippen molar-refractivity contribution in [2.45, 2.75) is 66.1 Å². The highest BCUT2D eigenvalue weighted by molar-refractivity contribution is 6.11. The van der Waals surface area contributed by atoms with E-state index in [1.807, 2.05) is 46.8 Å². The third-order valence-corrected chi connectivity index (χ3v) is 7.18. The quantitative estimate of drug-likeness (QED) is 0.298. The van der Waals surface area contributed by atoms with Crippen molar-refractivity contribution in [2.75, 3.05) is 6.61 Å². The number of nitrogens with zero attached hydrogens (tertiary/aromatic N) is 2. The summed E-state index contributed by atoms with van der Waals surface area (Å²) in [7, 11) is 0. The first-order chi connectivity index (χ1) is 17.9. The molecule has 0 amide bonds. The zero-order valence-corrected chi connectivity index (χ0v) is 22.4. The van der Waals surface area contributed by atoms with Gasteiger partial charge in [0.05, 0.1) is 34.8 Å². The van der Waals surface area contributed by atoms with Gasteiger partial charge in [0.2, 0.25) is 5.88 Å². The molecule has 7 nitrogen and oxygen atoms in total. The van der Waals surface area contributed by atoms with Crippen LogP contribution < -0.4 is 4.74 Å². The second-order valence-electron chi connectivity index (χ2n) is 10.9. The van der Waals surface area contributed by atoms with Crippen LogP contribution in [0.15, 0.2) is 24.4 Å². The van der Waals surface area contributed by atoms with Crippen molar-refractivity contribution in [3.05, 3.63) is 58.0 Å². The van der Waals surface area contributed by atoms with Gasteiger partial charge in [0.1, 0.15) is 11.6 Å². The smallest absolute Gasteiger partial charge is 0.337 e. The van der Waals surface area contributed by atoms with E-state index < -0.39 is 23.5 Å². The number of pyridine rings is 2. The number of hydrogen-bond acceptors (Lipinski definition) is 6. The molecule has 0 bridgehead atoms. The van der Waals surface area contributed by atoms with Crippen molar-refractivity contribution in [3.8, 4) is 22.8 Å². The van der Waals surface area contributed by atoms with Crippen LogP contribution in [0.4, 0.5) is 4.39 Å². The van der Waals surface area contributed by atoms with E-state index in [1.165, 1.54) is 6.07 Å². The minimum Gasteiger partial charge on any atom is -0.493 e. The number of fused-ring (bicyclic) bond motifs is 4. The topological polar surface area (TPSA) is 102 Å². The van der Waals surface area contributed by atoms with Gasteiger partial charge in [0.25, 0.3) is 0 Å². The highest BCUT2D eigenvalue weighted by Crippen LogP contribution is 2.46. The number of aryl methyl sites for hydroxylation is 2. The Labute approximate surface area is 220 Å². The minimum absolute atomic E-state index is 0.190. The summed E-state index contributed by atoms with van der Waals surface area (Å²) in [6.45, 7) is 11.8. The van der Waals surface area contributed by atoms with Gasteiger partial charge in [-0.05, 0) is 99.9 Å². The molecular weight excluding hydrogens is 487 g/mol. The van der Waals surface area contributed by atoms with E-state index in [0.29, 0.717) is 39.7 Å². The van der Waals surface area contributed by atoms with Gasteiger partial charge in [-0.2, -0.15) is 0 Å². The van der Waals surface area contributed by atoms with Gasteiger partial charge in [0, 0.05) is 10.9 Å². The van der Waals surface area contributed by atoms with E-state index in [2.05, 4.69) is 9.97 Å². The van der Waals surface area contributed by atoms with Gasteiger partial charge >= 0.3 is 5.97 Å². The molecule has 4 aromatic rings. The first kappa shape index (κ1) is 25.9. The standard InChI is InChI=1S/C30H31FN2O5/c1-14-18-8-7-11-37-21(18)10-9-19(14)22-15(2)24-25(33-28(34)20-12-17(31)13-32-26(20)24)16(3)23(22)27(29(35)36)38-30(4,5)6/h9-10,12-13,27H,7-8,11H2,1-6H3,(H,33,34)(H,35,36)/t27-/m0/s1. The number of aromatic hydroxyl groups is 1. The Kier molecular flexibility index (Phi) is 6.26. The zero-order chi connectivity index (χ0) is 27.5. The van der Waals surface area contributed by atoms with Gasteiger partial charge in [-0.3, -0.25) is 4.98 Å². The molecule has 0 unspecified atom stereocenters. The van der Waals surface area contributed by atoms with Crippen LogP contribution in [0.5, 0.6) is 11.6 Å². The van der Waals surface area contributed by atoms with E-state index >= 15 is 0 Å². The molecule has 2 aromatic heterocycles. The van der Waals surface area contributed by atoms with E-state index in [4.69, 9.17) is 9.47 Å². The third kappa shape index (κ3) is 4.22. The van der Waals surface area contributed by atoms with Crippen LogP contribution in [0.25, 0.3) is 32.9 Å². The SMILES string of the molecule is Cc1c(-c2c([C@H](OC(C)(C)C)C(=O)O)c(C)c3nc(O)c4cc(F)cnc4c3c2C)ccc2c1CCCO2. The summed E-state index contributed by atoms with van der Waals surface area (Å²) in [5.74, 6) is -1.25. The molecule has 2 aromatic carbocycles. The number of carboxylic acid groups (broad SMARTS) is 1. The average molecular weight is 519 g/mol. The predicted molar refractivity (Wildman–Crippen MR) is 143 cm³/mol. The number of ether oxygens (including phenoxy) is 2. The molecule has 38 heavy (non-hydrogen) atoms. The van der Waals surface area contributed by atoms with Gasteiger partial charge in [-0.15, -0.1) is 0 Å². The Morgan fingerprint density at radius 3 is 2.55 bits per heavy atom. The van der Waals surface area contributed by atoms with Gasteiger partial charge in [0.15, 0.2) is 6.10 Å². The van der Waals surface area contributed by atoms with Crippen LogP contribution in [0.1, 0.15) is 61.1 Å². The molecule has 1 atom stereocenters. The maximum Gasteiger partial charge on any atom is 0.337 e. The van der Waals surface area contributed by atoms with Gasteiger partial charge in [-0.1, -0.05) is 6.07 Å². The fraction of sp³-hybridized carbons (Fsp3) is 0.367. The van der Waals surface area contributed by atoms with Crippen LogP contribution >= 0.6 is 0 Å². The molecule has 8 heteroatoms. The fourth-order valence-corrected chi connectivity index (χ4v) is 5.55. The molecular formula is C30H31FN2O5. The summed E-state index contributed by atoms with van der Waals surface area (Å²) >= 11 is 0. The predicted octanol–water partition coefficient (Wildman–Crippen LogP) is 6.49. The van der Waals surface area contributed by atoms with Crippen LogP contribution in [-0.2, 0) is 16.0 Å². The Morgan fingerprint density at radius 2 is 1.87 bits per heavy atom. The fourth-order valence-electron chi connectivity index (χ4n) is 5.55. The summed E-state index contributed by atoms with van der Waals surface area (Å²) in [5, 5.41) is 21.9. The number of carboxylic acids is 1. The lowest BCUT2D eigenvalue weighted by Crippen LogP contribution is -2.28. The van der Waals surface area contributed by atoms with Gasteiger partial charge in [-0.25, -0.2) is 14.2 Å². The van der Waals surface area contributed by atoms with Crippen molar-refractivity contribution < 1.29 is 28.9 Å². The maximum atomic E-state index is 14.1. The minimum atomic E-state index is -1.31. The molecule has 1 aliphatic rings. The Morgan fingerprint density at radius 1 is 1.13 bits per heavy atom. The first-order valence-corrected chi connectivity index (χ1v) is 12.7. The number of rotatable bonds is 4. The lowest BCUT2D eigenvalue weighted by molar-refractivity contribution is -0.160. The molecule has 5 rings (SSSR count). The van der Waals surface area contributed by atoms with E-state index in [0.717, 1.165) is 47.0 Å². The van der Waals surface area contributed by atoms with E-state index in [9.17, 15) is 19.4 Å². The van der Waals surface area contributed by atoms with Crippen molar-refractivity contribution >= 4 is 27.8 Å². The second-order valence-corrected chi connectivity index (χ2v) is 10.9. The Balaban J connectivity index is 1.97. The molecule has 3 heterocycles. The van der Waals surface area contributed by atoms with Gasteiger partial charge < -0.3 is 19.7 Å². The number of aliphatic carboxylic acids is 1. The number of halogens is 1. The molecule has 0 radical (unpaired) electrons. The number of hydrogen-bond donors (Lipinski definition) is 2. The van der Waals surface area contributed by atoms with Crippen LogP contribution in [0, 0.1) is 26.6 Å². The second kappa shape index (κ2) is 9.20. The normalized spacial score (nSPS) is 14.4. The number of aromatic nitrogens is 2. The Hall–Kier alpha value is -3.78. The zero-order valence-electron chi connectivity index (χ0n) is 22.4. The van der Waals surface area contributed by atoms with E-state index in [-0.39, 0.29) is 11.3 Å². The molecule has 198 valence electrons. The lowest BCUT2D eigenvalue weighted by Gasteiger charge is -2.30. The molecule has 0 saturated heterocycles. The molecule has 0 aliphatic carbocycles. The van der Waals surface area contributed by atoms with Crippen molar-refractivity contribution in [2.24, 2.45) is 0 Å². The van der Waals surface area contributed by atoms with E-state index in [1.54, 1.807) is 6.92 Å². The highest BCUT2D eigenvalue weighted by Gasteiger charge is 2.34. The van der Waals surface area contributed by atoms with Crippen molar-refractivity contribution in [1.82, 2.24) is 9.97 Å². The highest BCUT2D eigenvalue weighted by atomic mass is 19.1.